The van der Waals surface area contributed by atoms with Crippen LogP contribution in [0, 0.1) is 6.92 Å². The maximum absolute atomic E-state index is 12.2. The lowest BCUT2D eigenvalue weighted by Gasteiger charge is -2.30. The van der Waals surface area contributed by atoms with Gasteiger partial charge in [-0.2, -0.15) is 0 Å². The molecule has 0 aliphatic heterocycles. The first-order chi connectivity index (χ1) is 8.93. The number of furan rings is 1. The van der Waals surface area contributed by atoms with Crippen LogP contribution in [0.1, 0.15) is 31.8 Å². The Kier molecular flexibility index (Phi) is 6.09. The molecule has 0 spiro atoms. The molecule has 1 aromatic heterocycles. The molecule has 1 heterocycles. The number of rotatable bonds is 7. The standard InChI is InChI=1S/C15H26N2O2/c1-6-17(12(2)11-16(4)5)15(18)10-9-14-8-7-13(3)19-14/h7-8,12H,6,9-11H2,1-5H3. The van der Waals surface area contributed by atoms with E-state index >= 15 is 0 Å². The number of amides is 1. The summed E-state index contributed by atoms with van der Waals surface area (Å²) in [4.78, 5) is 16.3. The highest BCUT2D eigenvalue weighted by Gasteiger charge is 2.19. The van der Waals surface area contributed by atoms with Crippen molar-refractivity contribution in [2.24, 2.45) is 0 Å². The van der Waals surface area contributed by atoms with Gasteiger partial charge in [-0.3, -0.25) is 4.79 Å². The van der Waals surface area contributed by atoms with E-state index in [1.54, 1.807) is 0 Å². The third-order valence-corrected chi connectivity index (χ3v) is 3.20. The lowest BCUT2D eigenvalue weighted by Crippen LogP contribution is -2.43. The zero-order chi connectivity index (χ0) is 14.4. The Bertz CT molecular complexity index is 399. The van der Waals surface area contributed by atoms with Gasteiger partial charge in [0.15, 0.2) is 0 Å². The molecule has 0 aromatic carbocycles. The molecule has 1 aromatic rings. The third kappa shape index (κ3) is 5.07. The van der Waals surface area contributed by atoms with Crippen LogP contribution in [0.15, 0.2) is 16.5 Å². The first-order valence-electron chi connectivity index (χ1n) is 6.93. The number of carbonyl (C=O) groups excluding carboxylic acids is 1. The first-order valence-corrected chi connectivity index (χ1v) is 6.93. The first kappa shape index (κ1) is 15.8. The summed E-state index contributed by atoms with van der Waals surface area (Å²) in [6.45, 7) is 7.69. The van der Waals surface area contributed by atoms with Crippen LogP contribution in [0.5, 0.6) is 0 Å². The molecule has 1 amide bonds. The SMILES string of the molecule is CCN(C(=O)CCc1ccc(C)o1)C(C)CN(C)C. The summed E-state index contributed by atoms with van der Waals surface area (Å²) in [5, 5.41) is 0. The van der Waals surface area contributed by atoms with Crippen LogP contribution < -0.4 is 0 Å². The average Bonchev–Trinajstić information content (AvgIpc) is 2.72. The fourth-order valence-corrected chi connectivity index (χ4v) is 2.35. The van der Waals surface area contributed by atoms with E-state index in [0.29, 0.717) is 12.8 Å². The minimum absolute atomic E-state index is 0.200. The van der Waals surface area contributed by atoms with Crippen LogP contribution in [0.3, 0.4) is 0 Å². The molecular weight excluding hydrogens is 240 g/mol. The molecule has 1 atom stereocenters. The lowest BCUT2D eigenvalue weighted by atomic mass is 10.2. The van der Waals surface area contributed by atoms with Crippen LogP contribution in [-0.4, -0.2) is 48.9 Å². The van der Waals surface area contributed by atoms with Gasteiger partial charge in [0.1, 0.15) is 11.5 Å². The van der Waals surface area contributed by atoms with Gasteiger partial charge in [0, 0.05) is 32.0 Å². The predicted octanol–water partition coefficient (Wildman–Crippen LogP) is 2.32. The van der Waals surface area contributed by atoms with E-state index in [-0.39, 0.29) is 11.9 Å². The summed E-state index contributed by atoms with van der Waals surface area (Å²) in [6.07, 6.45) is 1.19. The number of likely N-dealkylation sites (N-methyl/N-ethyl adjacent to an activating group) is 2. The van der Waals surface area contributed by atoms with Crippen molar-refractivity contribution < 1.29 is 9.21 Å². The van der Waals surface area contributed by atoms with Crippen LogP contribution in [0.2, 0.25) is 0 Å². The smallest absolute Gasteiger partial charge is 0.223 e. The summed E-state index contributed by atoms with van der Waals surface area (Å²) in [7, 11) is 4.06. The van der Waals surface area contributed by atoms with E-state index in [0.717, 1.165) is 24.6 Å². The summed E-state index contributed by atoms with van der Waals surface area (Å²) in [6, 6.07) is 4.12. The fourth-order valence-electron chi connectivity index (χ4n) is 2.35. The van der Waals surface area contributed by atoms with Crippen molar-refractivity contribution >= 4 is 5.91 Å². The van der Waals surface area contributed by atoms with Crippen molar-refractivity contribution in [3.63, 3.8) is 0 Å². The second kappa shape index (κ2) is 7.34. The molecule has 0 radical (unpaired) electrons. The van der Waals surface area contributed by atoms with Gasteiger partial charge in [-0.05, 0) is 47.0 Å². The Morgan fingerprint density at radius 3 is 2.53 bits per heavy atom. The van der Waals surface area contributed by atoms with Crippen molar-refractivity contribution in [2.75, 3.05) is 27.2 Å². The topological polar surface area (TPSA) is 36.7 Å². The number of aryl methyl sites for hydroxylation is 2. The molecule has 108 valence electrons. The van der Waals surface area contributed by atoms with Gasteiger partial charge in [-0.25, -0.2) is 0 Å². The lowest BCUT2D eigenvalue weighted by molar-refractivity contribution is -0.133. The molecule has 0 aliphatic rings. The van der Waals surface area contributed by atoms with Gasteiger partial charge in [-0.15, -0.1) is 0 Å². The summed E-state index contributed by atoms with van der Waals surface area (Å²) in [5.41, 5.74) is 0. The largest absolute Gasteiger partial charge is 0.466 e. The normalized spacial score (nSPS) is 12.7. The van der Waals surface area contributed by atoms with Crippen molar-refractivity contribution in [1.29, 1.82) is 0 Å². The Labute approximate surface area is 116 Å². The highest BCUT2D eigenvalue weighted by atomic mass is 16.3. The predicted molar refractivity (Wildman–Crippen MR) is 77.2 cm³/mol. The summed E-state index contributed by atoms with van der Waals surface area (Å²) >= 11 is 0. The van der Waals surface area contributed by atoms with Gasteiger partial charge in [0.25, 0.3) is 0 Å². The molecule has 1 unspecified atom stereocenters. The van der Waals surface area contributed by atoms with Crippen LogP contribution in [-0.2, 0) is 11.2 Å². The molecule has 0 fully saturated rings. The van der Waals surface area contributed by atoms with E-state index in [1.807, 2.05) is 45.0 Å². The molecule has 4 nitrogen and oxygen atoms in total. The van der Waals surface area contributed by atoms with Crippen molar-refractivity contribution in [1.82, 2.24) is 9.80 Å². The average molecular weight is 266 g/mol. The molecule has 0 aliphatic carbocycles. The summed E-state index contributed by atoms with van der Waals surface area (Å²) < 4.78 is 5.49. The number of nitrogens with zero attached hydrogens (tertiary/aromatic N) is 2. The minimum atomic E-state index is 0.200. The second-order valence-electron chi connectivity index (χ2n) is 5.30. The third-order valence-electron chi connectivity index (χ3n) is 3.20. The van der Waals surface area contributed by atoms with E-state index in [9.17, 15) is 4.79 Å². The van der Waals surface area contributed by atoms with Crippen LogP contribution >= 0.6 is 0 Å². The van der Waals surface area contributed by atoms with Crippen molar-refractivity contribution in [3.05, 3.63) is 23.7 Å². The van der Waals surface area contributed by atoms with Crippen LogP contribution in [0.25, 0.3) is 0 Å². The van der Waals surface area contributed by atoms with Gasteiger partial charge >= 0.3 is 0 Å². The zero-order valence-corrected chi connectivity index (χ0v) is 12.8. The van der Waals surface area contributed by atoms with E-state index in [2.05, 4.69) is 11.8 Å². The summed E-state index contributed by atoms with van der Waals surface area (Å²) in [5.74, 6) is 1.99. The molecule has 0 bridgehead atoms. The van der Waals surface area contributed by atoms with E-state index in [4.69, 9.17) is 4.42 Å². The Morgan fingerprint density at radius 2 is 2.05 bits per heavy atom. The minimum Gasteiger partial charge on any atom is -0.466 e. The molecule has 0 N–H and O–H groups in total. The van der Waals surface area contributed by atoms with Gasteiger partial charge in [0.2, 0.25) is 5.91 Å². The Balaban J connectivity index is 2.49. The second-order valence-corrected chi connectivity index (χ2v) is 5.30. The number of carbonyl (C=O) groups is 1. The van der Waals surface area contributed by atoms with Crippen LogP contribution in [0.4, 0.5) is 0 Å². The maximum Gasteiger partial charge on any atom is 0.223 e. The Hall–Kier alpha value is -1.29. The van der Waals surface area contributed by atoms with E-state index < -0.39 is 0 Å². The highest BCUT2D eigenvalue weighted by Crippen LogP contribution is 2.11. The molecule has 0 saturated heterocycles. The molecular formula is C15H26N2O2. The quantitative estimate of drug-likeness (QED) is 0.760. The monoisotopic (exact) mass is 266 g/mol. The Morgan fingerprint density at radius 1 is 1.37 bits per heavy atom. The highest BCUT2D eigenvalue weighted by molar-refractivity contribution is 5.76. The maximum atomic E-state index is 12.2. The molecule has 4 heteroatoms. The van der Waals surface area contributed by atoms with Gasteiger partial charge in [0.05, 0.1) is 0 Å². The van der Waals surface area contributed by atoms with Gasteiger partial charge in [-0.1, -0.05) is 0 Å². The van der Waals surface area contributed by atoms with Crippen molar-refractivity contribution in [2.45, 2.75) is 39.7 Å². The van der Waals surface area contributed by atoms with Crippen molar-refractivity contribution in [3.8, 4) is 0 Å². The zero-order valence-electron chi connectivity index (χ0n) is 12.8. The van der Waals surface area contributed by atoms with Gasteiger partial charge < -0.3 is 14.2 Å². The van der Waals surface area contributed by atoms with E-state index in [1.165, 1.54) is 0 Å². The number of hydrogen-bond donors (Lipinski definition) is 0. The fraction of sp³-hybridized carbons (Fsp3) is 0.667. The molecule has 19 heavy (non-hydrogen) atoms. The number of hydrogen-bond acceptors (Lipinski definition) is 3. The molecule has 1 rings (SSSR count). The molecule has 0 saturated carbocycles.